The molecule has 0 aliphatic heterocycles. The van der Waals surface area contributed by atoms with Gasteiger partial charge < -0.3 is 5.32 Å². The van der Waals surface area contributed by atoms with Crippen molar-refractivity contribution in [2.24, 2.45) is 0 Å². The highest BCUT2D eigenvalue weighted by atomic mass is 19.4. The van der Waals surface area contributed by atoms with E-state index in [0.29, 0.717) is 0 Å². The van der Waals surface area contributed by atoms with Gasteiger partial charge in [-0.05, 0) is 43.5 Å². The Morgan fingerprint density at radius 1 is 1.12 bits per heavy atom. The Balaban J connectivity index is 2.03. The zero-order valence-corrected chi connectivity index (χ0v) is 9.30. The van der Waals surface area contributed by atoms with Crippen molar-refractivity contribution in [3.8, 4) is 0 Å². The van der Waals surface area contributed by atoms with Crippen LogP contribution in [-0.2, 0) is 6.18 Å². The van der Waals surface area contributed by atoms with Crippen LogP contribution in [0.2, 0.25) is 0 Å². The minimum Gasteiger partial charge on any atom is -0.379 e. The standard InChI is InChI=1S/C13H14F3N/c14-13(15,16)10-6-8-12(9-7-10)17-11-4-2-1-3-5-11/h2,4,6-9,11,17H,1,3,5H2. The number of benzene rings is 1. The number of rotatable bonds is 2. The molecule has 1 nitrogen and oxygen atoms in total. The van der Waals surface area contributed by atoms with Gasteiger partial charge >= 0.3 is 6.18 Å². The van der Waals surface area contributed by atoms with Gasteiger partial charge in [0.05, 0.1) is 5.56 Å². The minimum atomic E-state index is -4.26. The van der Waals surface area contributed by atoms with E-state index in [2.05, 4.69) is 17.5 Å². The summed E-state index contributed by atoms with van der Waals surface area (Å²) in [5, 5.41) is 3.21. The number of hydrogen-bond acceptors (Lipinski definition) is 1. The first-order valence-electron chi connectivity index (χ1n) is 5.66. The van der Waals surface area contributed by atoms with E-state index in [-0.39, 0.29) is 6.04 Å². The highest BCUT2D eigenvalue weighted by molar-refractivity contribution is 5.46. The first-order valence-corrected chi connectivity index (χ1v) is 5.66. The third-order valence-corrected chi connectivity index (χ3v) is 2.82. The lowest BCUT2D eigenvalue weighted by Crippen LogP contribution is -2.18. The maximum atomic E-state index is 12.3. The van der Waals surface area contributed by atoms with Gasteiger partial charge in [0.1, 0.15) is 0 Å². The smallest absolute Gasteiger partial charge is 0.379 e. The topological polar surface area (TPSA) is 12.0 Å². The molecule has 1 unspecified atom stereocenters. The van der Waals surface area contributed by atoms with Crippen molar-refractivity contribution in [1.29, 1.82) is 0 Å². The molecule has 1 aromatic carbocycles. The SMILES string of the molecule is FC(F)(F)c1ccc(NC2C=CCCC2)cc1. The Kier molecular flexibility index (Phi) is 3.41. The molecule has 0 radical (unpaired) electrons. The maximum Gasteiger partial charge on any atom is 0.416 e. The van der Waals surface area contributed by atoms with E-state index in [1.54, 1.807) is 0 Å². The molecule has 0 spiro atoms. The van der Waals surface area contributed by atoms with Crippen LogP contribution in [0, 0.1) is 0 Å². The van der Waals surface area contributed by atoms with E-state index in [1.165, 1.54) is 12.1 Å². The second-order valence-corrected chi connectivity index (χ2v) is 4.18. The van der Waals surface area contributed by atoms with Crippen LogP contribution in [0.3, 0.4) is 0 Å². The Labute approximate surface area is 98.3 Å². The van der Waals surface area contributed by atoms with E-state index in [9.17, 15) is 13.2 Å². The molecule has 1 aliphatic carbocycles. The molecule has 0 heterocycles. The van der Waals surface area contributed by atoms with Crippen molar-refractivity contribution < 1.29 is 13.2 Å². The Morgan fingerprint density at radius 3 is 2.35 bits per heavy atom. The zero-order chi connectivity index (χ0) is 12.3. The molecule has 1 aromatic rings. The summed E-state index contributed by atoms with van der Waals surface area (Å²) >= 11 is 0. The van der Waals surface area contributed by atoms with Crippen molar-refractivity contribution in [2.45, 2.75) is 31.5 Å². The van der Waals surface area contributed by atoms with Crippen LogP contribution in [0.1, 0.15) is 24.8 Å². The predicted molar refractivity (Wildman–Crippen MR) is 61.8 cm³/mol. The molecule has 0 saturated carbocycles. The molecule has 0 amide bonds. The lowest BCUT2D eigenvalue weighted by Gasteiger charge is -2.19. The van der Waals surface area contributed by atoms with Crippen molar-refractivity contribution in [1.82, 2.24) is 0 Å². The summed E-state index contributed by atoms with van der Waals surface area (Å²) in [5.74, 6) is 0. The predicted octanol–water partition coefficient (Wildman–Crippen LogP) is 4.23. The Morgan fingerprint density at radius 2 is 1.82 bits per heavy atom. The summed E-state index contributed by atoms with van der Waals surface area (Å²) in [4.78, 5) is 0. The zero-order valence-electron chi connectivity index (χ0n) is 9.30. The normalized spacial score (nSPS) is 20.3. The molecule has 0 bridgehead atoms. The summed E-state index contributed by atoms with van der Waals surface area (Å²) in [6.07, 6.45) is 3.15. The van der Waals surface area contributed by atoms with Crippen molar-refractivity contribution in [3.05, 3.63) is 42.0 Å². The van der Waals surface area contributed by atoms with Gasteiger partial charge in [-0.2, -0.15) is 13.2 Å². The lowest BCUT2D eigenvalue weighted by atomic mass is 10.0. The molecule has 92 valence electrons. The van der Waals surface area contributed by atoms with Crippen molar-refractivity contribution in [2.75, 3.05) is 5.32 Å². The molecule has 0 fully saturated rings. The van der Waals surface area contributed by atoms with Crippen LogP contribution in [0.15, 0.2) is 36.4 Å². The van der Waals surface area contributed by atoms with Crippen molar-refractivity contribution in [3.63, 3.8) is 0 Å². The quantitative estimate of drug-likeness (QED) is 0.764. The van der Waals surface area contributed by atoms with Gasteiger partial charge in [0, 0.05) is 11.7 Å². The number of alkyl halides is 3. The molecule has 0 saturated heterocycles. The third-order valence-electron chi connectivity index (χ3n) is 2.82. The summed E-state index contributed by atoms with van der Waals surface area (Å²) < 4.78 is 37.0. The van der Waals surface area contributed by atoms with Crippen molar-refractivity contribution >= 4 is 5.69 Å². The fourth-order valence-electron chi connectivity index (χ4n) is 1.90. The van der Waals surface area contributed by atoms with Crippen LogP contribution >= 0.6 is 0 Å². The van der Waals surface area contributed by atoms with Crippen LogP contribution in [0.4, 0.5) is 18.9 Å². The van der Waals surface area contributed by atoms with Gasteiger partial charge in [0.2, 0.25) is 0 Å². The largest absolute Gasteiger partial charge is 0.416 e. The minimum absolute atomic E-state index is 0.237. The van der Waals surface area contributed by atoms with Gasteiger partial charge in [0.25, 0.3) is 0 Å². The summed E-state index contributed by atoms with van der Waals surface area (Å²) in [7, 11) is 0. The molecule has 1 atom stereocenters. The summed E-state index contributed by atoms with van der Waals surface area (Å²) in [6.45, 7) is 0. The van der Waals surface area contributed by atoms with Gasteiger partial charge in [-0.25, -0.2) is 0 Å². The Hall–Kier alpha value is -1.45. The number of halogens is 3. The highest BCUT2D eigenvalue weighted by Gasteiger charge is 2.29. The van der Waals surface area contributed by atoms with Crippen LogP contribution in [0.5, 0.6) is 0 Å². The fourth-order valence-corrected chi connectivity index (χ4v) is 1.90. The summed E-state index contributed by atoms with van der Waals surface area (Å²) in [5.41, 5.74) is 0.122. The number of anilines is 1. The molecule has 4 heteroatoms. The lowest BCUT2D eigenvalue weighted by molar-refractivity contribution is -0.137. The molecule has 1 aliphatic rings. The first-order chi connectivity index (χ1) is 8.05. The fraction of sp³-hybridized carbons (Fsp3) is 0.385. The van der Waals surface area contributed by atoms with Crippen LogP contribution in [0.25, 0.3) is 0 Å². The highest BCUT2D eigenvalue weighted by Crippen LogP contribution is 2.30. The molecule has 0 aromatic heterocycles. The first kappa shape index (κ1) is 12.0. The molecule has 17 heavy (non-hydrogen) atoms. The number of allylic oxidation sites excluding steroid dienone is 1. The average Bonchev–Trinajstić information content (AvgIpc) is 2.30. The van der Waals surface area contributed by atoms with Crippen LogP contribution < -0.4 is 5.32 Å². The van der Waals surface area contributed by atoms with E-state index >= 15 is 0 Å². The average molecular weight is 241 g/mol. The maximum absolute atomic E-state index is 12.3. The summed E-state index contributed by atoms with van der Waals surface area (Å²) in [6, 6.07) is 5.40. The van der Waals surface area contributed by atoms with Gasteiger partial charge in [-0.15, -0.1) is 0 Å². The molecule has 2 rings (SSSR count). The second kappa shape index (κ2) is 4.82. The van der Waals surface area contributed by atoms with Gasteiger partial charge in [-0.1, -0.05) is 12.2 Å². The second-order valence-electron chi connectivity index (χ2n) is 4.18. The third kappa shape index (κ3) is 3.25. The Bertz CT molecular complexity index is 392. The number of hydrogen-bond donors (Lipinski definition) is 1. The monoisotopic (exact) mass is 241 g/mol. The van der Waals surface area contributed by atoms with E-state index in [4.69, 9.17) is 0 Å². The molecule has 1 N–H and O–H groups in total. The van der Waals surface area contributed by atoms with Gasteiger partial charge in [0.15, 0.2) is 0 Å². The van der Waals surface area contributed by atoms with E-state index in [1.807, 2.05) is 0 Å². The number of nitrogens with one attached hydrogen (secondary N) is 1. The van der Waals surface area contributed by atoms with E-state index in [0.717, 1.165) is 37.1 Å². The molecular weight excluding hydrogens is 227 g/mol. The van der Waals surface area contributed by atoms with E-state index < -0.39 is 11.7 Å². The van der Waals surface area contributed by atoms with Gasteiger partial charge in [-0.3, -0.25) is 0 Å². The molecular formula is C13H14F3N. The van der Waals surface area contributed by atoms with Crippen LogP contribution in [-0.4, -0.2) is 6.04 Å².